The summed E-state index contributed by atoms with van der Waals surface area (Å²) < 4.78 is 10.0. The van der Waals surface area contributed by atoms with Gasteiger partial charge in [-0.05, 0) is 18.0 Å². The molecule has 0 bridgehead atoms. The van der Waals surface area contributed by atoms with Gasteiger partial charge >= 0.3 is 5.30 Å². The number of hydrogen-bond donors (Lipinski definition) is 1. The van der Waals surface area contributed by atoms with Crippen LogP contribution in [0.1, 0.15) is 0 Å². The van der Waals surface area contributed by atoms with E-state index < -0.39 is 0 Å². The molecule has 12 heavy (non-hydrogen) atoms. The molecule has 0 N–H and O–H groups in total. The molecule has 0 aromatic heterocycles. The maximum absolute atomic E-state index is 10.8. The molecule has 0 radical (unpaired) electrons. The average Bonchev–Trinajstić information content (AvgIpc) is 2.03. The number of carbonyl (C=O) groups excluding carboxylic acids is 1. The van der Waals surface area contributed by atoms with E-state index in [2.05, 4.69) is 12.6 Å². The second-order valence-corrected chi connectivity index (χ2v) is 3.95. The minimum Gasteiger partial charge on any atom is -0.457 e. The van der Waals surface area contributed by atoms with E-state index in [-0.39, 0.29) is 10.7 Å². The van der Waals surface area contributed by atoms with E-state index in [9.17, 15) is 4.79 Å². The summed E-state index contributed by atoms with van der Waals surface area (Å²) in [5.41, 5.74) is -0.0193. The SMILES string of the molecule is CSC(=O)OCC1(CS)COC1. The highest BCUT2D eigenvalue weighted by Crippen LogP contribution is 2.29. The second-order valence-electron chi connectivity index (χ2n) is 2.89. The first kappa shape index (κ1) is 10.2. The third kappa shape index (κ3) is 2.31. The van der Waals surface area contributed by atoms with Gasteiger partial charge in [-0.2, -0.15) is 12.6 Å². The summed E-state index contributed by atoms with van der Waals surface area (Å²) in [6, 6.07) is 0. The van der Waals surface area contributed by atoms with Crippen LogP contribution in [0, 0.1) is 5.41 Å². The van der Waals surface area contributed by atoms with Crippen LogP contribution in [0.15, 0.2) is 0 Å². The van der Waals surface area contributed by atoms with Gasteiger partial charge in [0.2, 0.25) is 0 Å². The normalized spacial score (nSPS) is 19.8. The molecular formula is C7H12O3S2. The van der Waals surface area contributed by atoms with Crippen molar-refractivity contribution in [2.24, 2.45) is 5.41 Å². The Labute approximate surface area is 81.6 Å². The molecule has 70 valence electrons. The van der Waals surface area contributed by atoms with Gasteiger partial charge in [0.25, 0.3) is 0 Å². The Morgan fingerprint density at radius 3 is 2.75 bits per heavy atom. The van der Waals surface area contributed by atoms with Crippen LogP contribution in [0.2, 0.25) is 0 Å². The van der Waals surface area contributed by atoms with E-state index in [4.69, 9.17) is 9.47 Å². The van der Waals surface area contributed by atoms with E-state index in [0.29, 0.717) is 25.6 Å². The van der Waals surface area contributed by atoms with Crippen LogP contribution in [0.3, 0.4) is 0 Å². The lowest BCUT2D eigenvalue weighted by atomic mass is 9.90. The van der Waals surface area contributed by atoms with Crippen molar-refractivity contribution < 1.29 is 14.3 Å². The van der Waals surface area contributed by atoms with Crippen molar-refractivity contribution in [3.8, 4) is 0 Å². The maximum atomic E-state index is 10.8. The smallest absolute Gasteiger partial charge is 0.367 e. The highest BCUT2D eigenvalue weighted by Gasteiger charge is 2.38. The highest BCUT2D eigenvalue weighted by molar-refractivity contribution is 8.12. The summed E-state index contributed by atoms with van der Waals surface area (Å²) in [5.74, 6) is 0.703. The molecule has 0 spiro atoms. The van der Waals surface area contributed by atoms with Gasteiger partial charge in [0.1, 0.15) is 6.61 Å². The van der Waals surface area contributed by atoms with E-state index in [1.54, 1.807) is 6.26 Å². The molecule has 0 aliphatic carbocycles. The second kappa shape index (κ2) is 4.39. The summed E-state index contributed by atoms with van der Waals surface area (Å²) in [4.78, 5) is 10.8. The Hall–Kier alpha value is 0.130. The fourth-order valence-corrected chi connectivity index (χ4v) is 1.33. The van der Waals surface area contributed by atoms with Crippen LogP contribution in [-0.4, -0.2) is 37.1 Å². The minimum atomic E-state index is -0.233. The first-order valence-corrected chi connectivity index (χ1v) is 5.47. The number of rotatable bonds is 3. The summed E-state index contributed by atoms with van der Waals surface area (Å²) in [6.45, 7) is 1.73. The molecular weight excluding hydrogens is 196 g/mol. The van der Waals surface area contributed by atoms with Gasteiger partial charge in [0.15, 0.2) is 0 Å². The highest BCUT2D eigenvalue weighted by atomic mass is 32.2. The Balaban J connectivity index is 2.24. The third-order valence-electron chi connectivity index (χ3n) is 1.81. The number of carbonyl (C=O) groups is 1. The van der Waals surface area contributed by atoms with Crippen molar-refractivity contribution in [2.45, 2.75) is 0 Å². The molecule has 1 fully saturated rings. The zero-order valence-electron chi connectivity index (χ0n) is 6.91. The summed E-state index contributed by atoms with van der Waals surface area (Å²) >= 11 is 5.27. The van der Waals surface area contributed by atoms with Crippen molar-refractivity contribution in [3.63, 3.8) is 0 Å². The van der Waals surface area contributed by atoms with Crippen LogP contribution in [0.25, 0.3) is 0 Å². The van der Waals surface area contributed by atoms with E-state index in [0.717, 1.165) is 11.8 Å². The molecule has 3 nitrogen and oxygen atoms in total. The standard InChI is InChI=1S/C7H12O3S2/c1-12-6(8)10-4-7(5-11)2-9-3-7/h11H,2-5H2,1H3. The van der Waals surface area contributed by atoms with Gasteiger partial charge in [-0.15, -0.1) is 0 Å². The molecule has 0 unspecified atom stereocenters. The summed E-state index contributed by atoms with van der Waals surface area (Å²) in [7, 11) is 0. The number of ether oxygens (including phenoxy) is 2. The molecule has 0 aromatic rings. The van der Waals surface area contributed by atoms with Gasteiger partial charge in [0, 0.05) is 5.75 Å². The van der Waals surface area contributed by atoms with Crippen molar-refractivity contribution in [3.05, 3.63) is 0 Å². The quantitative estimate of drug-likeness (QED) is 0.562. The molecule has 1 aliphatic heterocycles. The number of thioether (sulfide) groups is 1. The Kier molecular flexibility index (Phi) is 3.74. The van der Waals surface area contributed by atoms with E-state index in [1.165, 1.54) is 0 Å². The molecule has 0 aromatic carbocycles. The molecule has 0 amide bonds. The van der Waals surface area contributed by atoms with Crippen LogP contribution >= 0.6 is 24.4 Å². The molecule has 0 atom stereocenters. The number of thiol groups is 1. The lowest BCUT2D eigenvalue weighted by Crippen LogP contribution is -2.48. The van der Waals surface area contributed by atoms with E-state index in [1.807, 2.05) is 0 Å². The molecule has 0 saturated carbocycles. The Morgan fingerprint density at radius 2 is 2.42 bits per heavy atom. The third-order valence-corrected chi connectivity index (χ3v) is 2.94. The minimum absolute atomic E-state index is 0.0193. The average molecular weight is 208 g/mol. The lowest BCUT2D eigenvalue weighted by Gasteiger charge is -2.39. The molecule has 1 aliphatic rings. The van der Waals surface area contributed by atoms with E-state index >= 15 is 0 Å². The Morgan fingerprint density at radius 1 is 1.75 bits per heavy atom. The van der Waals surface area contributed by atoms with Crippen molar-refractivity contribution in [1.29, 1.82) is 0 Å². The van der Waals surface area contributed by atoms with Crippen molar-refractivity contribution in [2.75, 3.05) is 31.8 Å². The molecule has 1 rings (SSSR count). The molecule has 5 heteroatoms. The first-order valence-electron chi connectivity index (χ1n) is 3.62. The first-order chi connectivity index (χ1) is 5.72. The van der Waals surface area contributed by atoms with Gasteiger partial charge < -0.3 is 9.47 Å². The molecule has 1 heterocycles. The fraction of sp³-hybridized carbons (Fsp3) is 0.857. The zero-order valence-corrected chi connectivity index (χ0v) is 8.62. The molecule has 1 saturated heterocycles. The van der Waals surface area contributed by atoms with Crippen LogP contribution in [-0.2, 0) is 9.47 Å². The predicted molar refractivity (Wildman–Crippen MR) is 52.0 cm³/mol. The van der Waals surface area contributed by atoms with Crippen LogP contribution in [0.4, 0.5) is 4.79 Å². The van der Waals surface area contributed by atoms with Crippen LogP contribution in [0.5, 0.6) is 0 Å². The van der Waals surface area contributed by atoms with Crippen molar-refractivity contribution >= 4 is 29.7 Å². The van der Waals surface area contributed by atoms with Gasteiger partial charge in [-0.1, -0.05) is 0 Å². The Bertz CT molecular complexity index is 163. The monoisotopic (exact) mass is 208 g/mol. The summed E-state index contributed by atoms with van der Waals surface area (Å²) in [6.07, 6.45) is 1.70. The van der Waals surface area contributed by atoms with Gasteiger partial charge in [0.05, 0.1) is 18.6 Å². The van der Waals surface area contributed by atoms with Crippen LogP contribution < -0.4 is 0 Å². The maximum Gasteiger partial charge on any atom is 0.367 e. The van der Waals surface area contributed by atoms with Gasteiger partial charge in [-0.3, -0.25) is 0 Å². The lowest BCUT2D eigenvalue weighted by molar-refractivity contribution is -0.120. The zero-order chi connectivity index (χ0) is 9.03. The largest absolute Gasteiger partial charge is 0.457 e. The summed E-state index contributed by atoms with van der Waals surface area (Å²) in [5, 5.41) is -0.233. The topological polar surface area (TPSA) is 35.5 Å². The predicted octanol–water partition coefficient (Wildman–Crippen LogP) is 1.43. The van der Waals surface area contributed by atoms with Crippen molar-refractivity contribution in [1.82, 2.24) is 0 Å². The fourth-order valence-electron chi connectivity index (χ4n) is 0.882. The van der Waals surface area contributed by atoms with Gasteiger partial charge in [-0.25, -0.2) is 4.79 Å². The number of hydrogen-bond acceptors (Lipinski definition) is 5.